The predicted octanol–water partition coefficient (Wildman–Crippen LogP) is -1.48. The van der Waals surface area contributed by atoms with Crippen LogP contribution < -0.4 is 4.72 Å². The van der Waals surface area contributed by atoms with Gasteiger partial charge < -0.3 is 15.2 Å². The number of aliphatic hydroxyl groups excluding tert-OH is 1. The van der Waals surface area contributed by atoms with Gasteiger partial charge >= 0.3 is 5.97 Å². The van der Waals surface area contributed by atoms with Crippen molar-refractivity contribution in [3.8, 4) is 0 Å². The topological polar surface area (TPSA) is 132 Å². The van der Waals surface area contributed by atoms with Crippen LogP contribution in [0.2, 0.25) is 0 Å². The highest BCUT2D eigenvalue weighted by Crippen LogP contribution is 2.05. The number of aliphatic carboxylic acids is 1. The molecule has 0 radical (unpaired) electrons. The third-order valence-corrected chi connectivity index (χ3v) is 3.16. The summed E-state index contributed by atoms with van der Waals surface area (Å²) in [6.45, 7) is 1.17. The molecule has 9 heteroatoms. The molecule has 0 saturated carbocycles. The molecule has 1 aromatic heterocycles. The minimum absolute atomic E-state index is 0.264. The van der Waals surface area contributed by atoms with Gasteiger partial charge in [-0.05, 0) is 6.92 Å². The van der Waals surface area contributed by atoms with Crippen molar-refractivity contribution in [1.29, 1.82) is 0 Å². The maximum atomic E-state index is 11.6. The number of imidazole rings is 1. The lowest BCUT2D eigenvalue weighted by Gasteiger charge is -2.16. The summed E-state index contributed by atoms with van der Waals surface area (Å²) in [5.74, 6) is -1.46. The summed E-state index contributed by atoms with van der Waals surface area (Å²) in [6.07, 6.45) is 0.825. The molecule has 2 atom stereocenters. The van der Waals surface area contributed by atoms with E-state index in [-0.39, 0.29) is 5.03 Å². The van der Waals surface area contributed by atoms with Gasteiger partial charge in [-0.3, -0.25) is 4.79 Å². The first-order valence-electron chi connectivity index (χ1n) is 4.26. The quantitative estimate of drug-likeness (QED) is 0.503. The summed E-state index contributed by atoms with van der Waals surface area (Å²) in [7, 11) is -4.02. The smallest absolute Gasteiger partial charge is 0.324 e. The van der Waals surface area contributed by atoms with Crippen LogP contribution in [-0.2, 0) is 14.8 Å². The minimum atomic E-state index is -4.02. The molecule has 1 heterocycles. The fraction of sp³-hybridized carbons (Fsp3) is 0.429. The number of nitrogens with zero attached hydrogens (tertiary/aromatic N) is 1. The Labute approximate surface area is 91.4 Å². The lowest BCUT2D eigenvalue weighted by Crippen LogP contribution is -2.47. The largest absolute Gasteiger partial charge is 0.480 e. The fourth-order valence-electron chi connectivity index (χ4n) is 0.976. The molecule has 0 aromatic carbocycles. The first-order chi connectivity index (χ1) is 7.34. The van der Waals surface area contributed by atoms with Crippen LogP contribution in [0.4, 0.5) is 0 Å². The number of hydrogen-bond acceptors (Lipinski definition) is 5. The highest BCUT2D eigenvalue weighted by Gasteiger charge is 2.29. The van der Waals surface area contributed by atoms with Crippen molar-refractivity contribution >= 4 is 16.0 Å². The van der Waals surface area contributed by atoms with Gasteiger partial charge in [0, 0.05) is 0 Å². The number of aromatic amines is 1. The number of carboxylic acid groups (broad SMARTS) is 1. The Balaban J connectivity index is 2.92. The summed E-state index contributed by atoms with van der Waals surface area (Å²) in [5.41, 5.74) is 0. The van der Waals surface area contributed by atoms with Crippen LogP contribution in [0.3, 0.4) is 0 Å². The van der Waals surface area contributed by atoms with Crippen molar-refractivity contribution in [1.82, 2.24) is 14.7 Å². The van der Waals surface area contributed by atoms with Crippen LogP contribution in [-0.4, -0.2) is 46.7 Å². The zero-order chi connectivity index (χ0) is 12.3. The Hall–Kier alpha value is -1.45. The van der Waals surface area contributed by atoms with E-state index in [1.807, 2.05) is 4.72 Å². The molecule has 8 nitrogen and oxygen atoms in total. The number of aromatic nitrogens is 2. The molecule has 90 valence electrons. The number of carbonyl (C=O) groups is 1. The average molecular weight is 249 g/mol. The van der Waals surface area contributed by atoms with Gasteiger partial charge in [0.05, 0.1) is 18.6 Å². The molecule has 0 aliphatic carbocycles. The second-order valence-corrected chi connectivity index (χ2v) is 4.78. The van der Waals surface area contributed by atoms with E-state index in [1.165, 1.54) is 6.92 Å². The predicted molar refractivity (Wildman–Crippen MR) is 52.0 cm³/mol. The Morgan fingerprint density at radius 3 is 2.62 bits per heavy atom. The fourth-order valence-corrected chi connectivity index (χ4v) is 2.14. The van der Waals surface area contributed by atoms with E-state index in [9.17, 15) is 13.2 Å². The van der Waals surface area contributed by atoms with Gasteiger partial charge in [0.15, 0.2) is 5.03 Å². The van der Waals surface area contributed by atoms with Gasteiger partial charge in [0.25, 0.3) is 10.0 Å². The van der Waals surface area contributed by atoms with Crippen molar-refractivity contribution in [3.63, 3.8) is 0 Å². The second-order valence-electron chi connectivity index (χ2n) is 3.09. The first kappa shape index (κ1) is 12.6. The summed E-state index contributed by atoms with van der Waals surface area (Å²) < 4.78 is 25.0. The second kappa shape index (κ2) is 4.60. The van der Waals surface area contributed by atoms with Gasteiger partial charge in [0.2, 0.25) is 0 Å². The van der Waals surface area contributed by atoms with Crippen LogP contribution in [0.25, 0.3) is 0 Å². The lowest BCUT2D eigenvalue weighted by atomic mass is 10.2. The monoisotopic (exact) mass is 249 g/mol. The van der Waals surface area contributed by atoms with Gasteiger partial charge in [-0.2, -0.15) is 4.72 Å². The van der Waals surface area contributed by atoms with Crippen molar-refractivity contribution in [3.05, 3.63) is 12.5 Å². The maximum absolute atomic E-state index is 11.6. The Kier molecular flexibility index (Phi) is 3.62. The van der Waals surface area contributed by atoms with Crippen LogP contribution in [0.15, 0.2) is 17.6 Å². The Bertz CT molecular complexity index is 452. The normalized spacial score (nSPS) is 15.6. The number of hydrogen-bond donors (Lipinski definition) is 4. The van der Waals surface area contributed by atoms with Crippen LogP contribution in [0.1, 0.15) is 6.92 Å². The molecule has 0 fully saturated rings. The molecule has 4 N–H and O–H groups in total. The SMILES string of the molecule is CC(O)C(NS(=O)(=O)c1cnc[nH]1)C(=O)O. The molecule has 2 unspecified atom stereocenters. The summed E-state index contributed by atoms with van der Waals surface area (Å²) >= 11 is 0. The molecule has 0 bridgehead atoms. The number of rotatable bonds is 5. The number of H-pyrrole nitrogens is 1. The Morgan fingerprint density at radius 2 is 2.25 bits per heavy atom. The molecule has 1 aromatic rings. The third-order valence-electron chi connectivity index (χ3n) is 1.79. The van der Waals surface area contributed by atoms with Gasteiger partial charge in [-0.1, -0.05) is 0 Å². The molecule has 1 rings (SSSR count). The first-order valence-corrected chi connectivity index (χ1v) is 5.74. The standard InChI is InChI=1S/C7H11N3O5S/c1-4(11)6(7(12)13)10-16(14,15)5-2-8-3-9-5/h2-4,6,10-11H,1H3,(H,8,9)(H,12,13). The van der Waals surface area contributed by atoms with Crippen molar-refractivity contribution in [2.45, 2.75) is 24.1 Å². The van der Waals surface area contributed by atoms with E-state index in [4.69, 9.17) is 10.2 Å². The molecular weight excluding hydrogens is 238 g/mol. The number of sulfonamides is 1. The summed E-state index contributed by atoms with van der Waals surface area (Å²) in [5, 5.41) is 17.5. The van der Waals surface area contributed by atoms with Crippen molar-refractivity contribution in [2.75, 3.05) is 0 Å². The highest BCUT2D eigenvalue weighted by atomic mass is 32.2. The van der Waals surface area contributed by atoms with E-state index in [1.54, 1.807) is 0 Å². The molecule has 0 saturated heterocycles. The molecule has 0 spiro atoms. The van der Waals surface area contributed by atoms with Crippen molar-refractivity contribution in [2.24, 2.45) is 0 Å². The highest BCUT2D eigenvalue weighted by molar-refractivity contribution is 7.89. The molecular formula is C7H11N3O5S. The number of nitrogens with one attached hydrogen (secondary N) is 2. The lowest BCUT2D eigenvalue weighted by molar-refractivity contribution is -0.141. The molecule has 0 amide bonds. The van der Waals surface area contributed by atoms with E-state index in [2.05, 4.69) is 9.97 Å². The molecule has 0 aliphatic rings. The maximum Gasteiger partial charge on any atom is 0.324 e. The van der Waals surface area contributed by atoms with E-state index >= 15 is 0 Å². The zero-order valence-corrected chi connectivity index (χ0v) is 9.10. The van der Waals surface area contributed by atoms with Gasteiger partial charge in [0.1, 0.15) is 6.04 Å². The average Bonchev–Trinajstić information content (AvgIpc) is 2.66. The van der Waals surface area contributed by atoms with E-state index in [0.717, 1.165) is 12.5 Å². The molecule has 16 heavy (non-hydrogen) atoms. The number of aliphatic hydroxyl groups is 1. The van der Waals surface area contributed by atoms with Crippen molar-refractivity contribution < 1.29 is 23.4 Å². The van der Waals surface area contributed by atoms with Gasteiger partial charge in [-0.25, -0.2) is 13.4 Å². The summed E-state index contributed by atoms with van der Waals surface area (Å²) in [4.78, 5) is 16.5. The summed E-state index contributed by atoms with van der Waals surface area (Å²) in [6, 6.07) is -1.60. The van der Waals surface area contributed by atoms with Crippen LogP contribution in [0, 0.1) is 0 Å². The third kappa shape index (κ3) is 2.78. The van der Waals surface area contributed by atoms with Gasteiger partial charge in [-0.15, -0.1) is 0 Å². The van der Waals surface area contributed by atoms with E-state index in [0.29, 0.717) is 0 Å². The Morgan fingerprint density at radius 1 is 1.62 bits per heavy atom. The van der Waals surface area contributed by atoms with Crippen LogP contribution >= 0.6 is 0 Å². The number of carboxylic acids is 1. The zero-order valence-electron chi connectivity index (χ0n) is 8.28. The van der Waals surface area contributed by atoms with Crippen LogP contribution in [0.5, 0.6) is 0 Å². The van der Waals surface area contributed by atoms with E-state index < -0.39 is 28.1 Å². The minimum Gasteiger partial charge on any atom is -0.480 e. The molecule has 0 aliphatic heterocycles.